The molecule has 1 aliphatic heterocycles. The van der Waals surface area contributed by atoms with Gasteiger partial charge in [0, 0.05) is 13.2 Å². The summed E-state index contributed by atoms with van der Waals surface area (Å²) in [7, 11) is 0. The molecule has 1 heterocycles. The van der Waals surface area contributed by atoms with E-state index in [4.69, 9.17) is 9.47 Å². The molecule has 2 atom stereocenters. The predicted molar refractivity (Wildman–Crippen MR) is 58.5 cm³/mol. The van der Waals surface area contributed by atoms with E-state index in [2.05, 4.69) is 12.3 Å². The van der Waals surface area contributed by atoms with Gasteiger partial charge in [-0.25, -0.2) is 0 Å². The Labute approximate surface area is 91.4 Å². The van der Waals surface area contributed by atoms with Gasteiger partial charge in [-0.15, -0.1) is 5.73 Å². The second-order valence-corrected chi connectivity index (χ2v) is 3.75. The summed E-state index contributed by atoms with van der Waals surface area (Å²) in [4.78, 5) is 0. The van der Waals surface area contributed by atoms with Gasteiger partial charge in [0.1, 0.15) is 0 Å². The van der Waals surface area contributed by atoms with Crippen LogP contribution in [0.3, 0.4) is 0 Å². The van der Waals surface area contributed by atoms with Crippen LogP contribution in [-0.2, 0) is 9.47 Å². The van der Waals surface area contributed by atoms with E-state index < -0.39 is 6.10 Å². The van der Waals surface area contributed by atoms with Crippen molar-refractivity contribution in [1.29, 1.82) is 0 Å². The normalized spacial score (nSPS) is 23.1. The first-order valence-corrected chi connectivity index (χ1v) is 5.60. The first kappa shape index (κ1) is 12.5. The van der Waals surface area contributed by atoms with Crippen LogP contribution in [-0.4, -0.2) is 30.7 Å². The summed E-state index contributed by atoms with van der Waals surface area (Å²) in [6, 6.07) is 0. The minimum Gasteiger partial charge on any atom is -0.388 e. The first-order valence-electron chi connectivity index (χ1n) is 5.60. The van der Waals surface area contributed by atoms with E-state index in [0.717, 1.165) is 25.9 Å². The molecule has 1 rings (SSSR count). The maximum Gasteiger partial charge on any atom is 0.157 e. The van der Waals surface area contributed by atoms with Crippen LogP contribution in [0.4, 0.5) is 0 Å². The fourth-order valence-electron chi connectivity index (χ4n) is 1.57. The molecule has 1 saturated heterocycles. The van der Waals surface area contributed by atoms with Gasteiger partial charge in [-0.2, -0.15) is 0 Å². The van der Waals surface area contributed by atoms with E-state index in [0.29, 0.717) is 13.0 Å². The number of ether oxygens (including phenoxy) is 2. The third-order valence-electron chi connectivity index (χ3n) is 2.40. The molecule has 0 aromatic rings. The van der Waals surface area contributed by atoms with Gasteiger partial charge in [0.05, 0.1) is 6.10 Å². The van der Waals surface area contributed by atoms with E-state index >= 15 is 0 Å². The SMILES string of the molecule is C=C=CC(O)CCCOC1CCCCO1. The van der Waals surface area contributed by atoms with Gasteiger partial charge in [0.25, 0.3) is 0 Å². The molecular weight excluding hydrogens is 192 g/mol. The molecule has 0 aromatic heterocycles. The molecule has 1 fully saturated rings. The van der Waals surface area contributed by atoms with Gasteiger partial charge in [0.2, 0.25) is 0 Å². The zero-order valence-corrected chi connectivity index (χ0v) is 9.15. The summed E-state index contributed by atoms with van der Waals surface area (Å²) in [5.74, 6) is 0. The van der Waals surface area contributed by atoms with Crippen molar-refractivity contribution in [2.75, 3.05) is 13.2 Å². The molecule has 0 spiro atoms. The van der Waals surface area contributed by atoms with Crippen molar-refractivity contribution < 1.29 is 14.6 Å². The summed E-state index contributed by atoms with van der Waals surface area (Å²) in [6.07, 6.45) is 5.94. The highest BCUT2D eigenvalue weighted by molar-refractivity contribution is 4.83. The van der Waals surface area contributed by atoms with E-state index in [1.807, 2.05) is 0 Å². The molecule has 3 heteroatoms. The second kappa shape index (κ2) is 7.66. The monoisotopic (exact) mass is 212 g/mol. The average Bonchev–Trinajstić information content (AvgIpc) is 2.26. The van der Waals surface area contributed by atoms with E-state index in [1.165, 1.54) is 6.42 Å². The molecule has 1 N–H and O–H groups in total. The molecule has 1 aliphatic rings. The quantitative estimate of drug-likeness (QED) is 0.540. The molecular formula is C12H20O3. The van der Waals surface area contributed by atoms with Crippen LogP contribution >= 0.6 is 0 Å². The van der Waals surface area contributed by atoms with Crippen LogP contribution in [0, 0.1) is 0 Å². The van der Waals surface area contributed by atoms with Crippen molar-refractivity contribution in [3.63, 3.8) is 0 Å². The molecule has 0 radical (unpaired) electrons. The minimum absolute atomic E-state index is 0.0224. The summed E-state index contributed by atoms with van der Waals surface area (Å²) >= 11 is 0. The lowest BCUT2D eigenvalue weighted by Crippen LogP contribution is -2.22. The van der Waals surface area contributed by atoms with Gasteiger partial charge < -0.3 is 14.6 Å². The Bertz CT molecular complexity index is 203. The largest absolute Gasteiger partial charge is 0.388 e. The van der Waals surface area contributed by atoms with E-state index in [-0.39, 0.29) is 6.29 Å². The standard InChI is InChI=1S/C12H20O3/c1-2-6-11(13)7-5-10-15-12-8-3-4-9-14-12/h6,11-13H,1,3-5,7-10H2. The fraction of sp³-hybridized carbons (Fsp3) is 0.750. The van der Waals surface area contributed by atoms with Gasteiger partial charge in [-0.3, -0.25) is 0 Å². The third kappa shape index (κ3) is 5.75. The van der Waals surface area contributed by atoms with Crippen molar-refractivity contribution in [3.8, 4) is 0 Å². The highest BCUT2D eigenvalue weighted by atomic mass is 16.7. The van der Waals surface area contributed by atoms with Crippen LogP contribution < -0.4 is 0 Å². The lowest BCUT2D eigenvalue weighted by molar-refractivity contribution is -0.163. The Balaban J connectivity index is 1.98. The lowest BCUT2D eigenvalue weighted by atomic mass is 10.2. The molecule has 3 nitrogen and oxygen atoms in total. The highest BCUT2D eigenvalue weighted by Crippen LogP contribution is 2.14. The van der Waals surface area contributed by atoms with Crippen LogP contribution in [0.15, 0.2) is 18.4 Å². The molecule has 0 bridgehead atoms. The number of aliphatic hydroxyl groups is 1. The van der Waals surface area contributed by atoms with Crippen LogP contribution in [0.25, 0.3) is 0 Å². The third-order valence-corrected chi connectivity index (χ3v) is 2.40. The smallest absolute Gasteiger partial charge is 0.157 e. The first-order chi connectivity index (χ1) is 7.33. The van der Waals surface area contributed by atoms with Crippen LogP contribution in [0.1, 0.15) is 32.1 Å². The zero-order valence-electron chi connectivity index (χ0n) is 9.15. The van der Waals surface area contributed by atoms with Crippen molar-refractivity contribution in [1.82, 2.24) is 0 Å². The summed E-state index contributed by atoms with van der Waals surface area (Å²) < 4.78 is 10.9. The molecule has 86 valence electrons. The van der Waals surface area contributed by atoms with Crippen molar-refractivity contribution >= 4 is 0 Å². The average molecular weight is 212 g/mol. The van der Waals surface area contributed by atoms with Gasteiger partial charge in [-0.05, 0) is 38.2 Å². The van der Waals surface area contributed by atoms with Crippen molar-refractivity contribution in [3.05, 3.63) is 18.4 Å². The predicted octanol–water partition coefficient (Wildman–Crippen LogP) is 2.01. The van der Waals surface area contributed by atoms with Gasteiger partial charge >= 0.3 is 0 Å². The molecule has 0 aromatic carbocycles. The molecule has 0 aliphatic carbocycles. The zero-order chi connectivity index (χ0) is 10.9. The Morgan fingerprint density at radius 3 is 3.13 bits per heavy atom. The van der Waals surface area contributed by atoms with Gasteiger partial charge in [-0.1, -0.05) is 6.58 Å². The molecule has 0 saturated carbocycles. The van der Waals surface area contributed by atoms with Crippen molar-refractivity contribution in [2.45, 2.75) is 44.5 Å². The number of hydrogen-bond donors (Lipinski definition) is 1. The number of hydrogen-bond acceptors (Lipinski definition) is 3. The summed E-state index contributed by atoms with van der Waals surface area (Å²) in [5, 5.41) is 9.34. The van der Waals surface area contributed by atoms with Crippen molar-refractivity contribution in [2.24, 2.45) is 0 Å². The second-order valence-electron chi connectivity index (χ2n) is 3.75. The number of aliphatic hydroxyl groups excluding tert-OH is 1. The topological polar surface area (TPSA) is 38.7 Å². The maximum absolute atomic E-state index is 9.34. The Morgan fingerprint density at radius 2 is 2.47 bits per heavy atom. The fourth-order valence-corrected chi connectivity index (χ4v) is 1.57. The highest BCUT2D eigenvalue weighted by Gasteiger charge is 2.13. The summed E-state index contributed by atoms with van der Waals surface area (Å²) in [6.45, 7) is 4.87. The Morgan fingerprint density at radius 1 is 1.60 bits per heavy atom. The Hall–Kier alpha value is -0.600. The van der Waals surface area contributed by atoms with Crippen LogP contribution in [0.5, 0.6) is 0 Å². The molecule has 0 amide bonds. The Kier molecular flexibility index (Phi) is 6.37. The summed E-state index contributed by atoms with van der Waals surface area (Å²) in [5.41, 5.74) is 2.57. The molecule has 15 heavy (non-hydrogen) atoms. The minimum atomic E-state index is -0.446. The maximum atomic E-state index is 9.34. The van der Waals surface area contributed by atoms with Gasteiger partial charge in [0.15, 0.2) is 6.29 Å². The molecule has 2 unspecified atom stereocenters. The lowest BCUT2D eigenvalue weighted by Gasteiger charge is -2.22. The number of rotatable bonds is 6. The van der Waals surface area contributed by atoms with E-state index in [9.17, 15) is 5.11 Å². The van der Waals surface area contributed by atoms with E-state index in [1.54, 1.807) is 6.08 Å². The van der Waals surface area contributed by atoms with Crippen LogP contribution in [0.2, 0.25) is 0 Å².